The van der Waals surface area contributed by atoms with Crippen molar-refractivity contribution >= 4 is 5.82 Å². The minimum Gasteiger partial charge on any atom is -0.376 e. The number of anilines is 1. The van der Waals surface area contributed by atoms with Crippen LogP contribution in [0.25, 0.3) is 0 Å². The molecule has 1 aliphatic carbocycles. The molecule has 3 atom stereocenters. The van der Waals surface area contributed by atoms with Crippen LogP contribution in [-0.2, 0) is 4.74 Å². The van der Waals surface area contributed by atoms with E-state index in [1.807, 2.05) is 6.92 Å². The normalized spacial score (nSPS) is 27.6. The van der Waals surface area contributed by atoms with Crippen LogP contribution in [0.2, 0.25) is 0 Å². The molecule has 1 aromatic rings. The van der Waals surface area contributed by atoms with E-state index in [0.29, 0.717) is 18.2 Å². The highest BCUT2D eigenvalue weighted by Gasteiger charge is 2.39. The van der Waals surface area contributed by atoms with Crippen molar-refractivity contribution in [3.8, 4) is 0 Å². The monoisotopic (exact) mass is 238 g/mol. The summed E-state index contributed by atoms with van der Waals surface area (Å²) >= 11 is 0. The molecule has 2 rings (SSSR count). The van der Waals surface area contributed by atoms with Crippen LogP contribution in [0.4, 0.5) is 5.82 Å². The fourth-order valence-corrected chi connectivity index (χ4v) is 2.05. The third kappa shape index (κ3) is 2.65. The van der Waals surface area contributed by atoms with Gasteiger partial charge in [-0.05, 0) is 20.3 Å². The first-order valence-corrected chi connectivity index (χ1v) is 5.82. The number of rotatable bonds is 4. The Morgan fingerprint density at radius 2 is 2.47 bits per heavy atom. The van der Waals surface area contributed by atoms with Gasteiger partial charge in [0.05, 0.1) is 12.1 Å². The number of nitrogens with two attached hydrogens (primary N) is 1. The molecule has 4 N–H and O–H groups in total. The predicted molar refractivity (Wildman–Crippen MR) is 65.0 cm³/mol. The molecule has 0 aromatic carbocycles. The van der Waals surface area contributed by atoms with Gasteiger partial charge in [0, 0.05) is 18.7 Å². The van der Waals surface area contributed by atoms with Crippen LogP contribution < -0.4 is 16.6 Å². The van der Waals surface area contributed by atoms with Gasteiger partial charge < -0.3 is 20.8 Å². The highest BCUT2D eigenvalue weighted by molar-refractivity contribution is 5.36. The second kappa shape index (κ2) is 4.85. The highest BCUT2D eigenvalue weighted by Crippen LogP contribution is 2.25. The Balaban J connectivity index is 2.06. The lowest BCUT2D eigenvalue weighted by atomic mass is 9.83. The molecule has 0 spiro atoms. The summed E-state index contributed by atoms with van der Waals surface area (Å²) in [5, 5.41) is 3.16. The number of aromatic amines is 1. The lowest BCUT2D eigenvalue weighted by Crippen LogP contribution is -2.60. The number of ether oxygens (including phenoxy) is 1. The number of aromatic nitrogens is 2. The molecule has 6 heteroatoms. The van der Waals surface area contributed by atoms with Gasteiger partial charge in [-0.1, -0.05) is 0 Å². The van der Waals surface area contributed by atoms with E-state index in [1.54, 1.807) is 6.92 Å². The molecule has 17 heavy (non-hydrogen) atoms. The lowest BCUT2D eigenvalue weighted by Gasteiger charge is -2.42. The maximum absolute atomic E-state index is 11.3. The topological polar surface area (TPSA) is 93.0 Å². The minimum atomic E-state index is -0.166. The molecule has 1 aliphatic rings. The zero-order valence-electron chi connectivity index (χ0n) is 10.1. The summed E-state index contributed by atoms with van der Waals surface area (Å²) in [5.41, 5.74) is 5.75. The molecule has 1 heterocycles. The van der Waals surface area contributed by atoms with Gasteiger partial charge in [-0.2, -0.15) is 0 Å². The van der Waals surface area contributed by atoms with Gasteiger partial charge in [-0.3, -0.25) is 4.79 Å². The second-order valence-corrected chi connectivity index (χ2v) is 4.28. The average Bonchev–Trinajstić information content (AvgIpc) is 2.25. The molecule has 94 valence electrons. The zero-order chi connectivity index (χ0) is 12.4. The van der Waals surface area contributed by atoms with E-state index in [9.17, 15) is 4.79 Å². The van der Waals surface area contributed by atoms with Crippen LogP contribution in [0.5, 0.6) is 0 Å². The van der Waals surface area contributed by atoms with E-state index >= 15 is 0 Å². The molecule has 1 fully saturated rings. The Morgan fingerprint density at radius 3 is 3.06 bits per heavy atom. The Labute approximate surface area is 99.6 Å². The first-order valence-electron chi connectivity index (χ1n) is 5.82. The molecule has 0 radical (unpaired) electrons. The third-order valence-electron chi connectivity index (χ3n) is 2.92. The molecule has 0 amide bonds. The molecule has 0 saturated heterocycles. The van der Waals surface area contributed by atoms with E-state index in [0.717, 1.165) is 6.42 Å². The molecule has 0 bridgehead atoms. The van der Waals surface area contributed by atoms with E-state index in [-0.39, 0.29) is 23.7 Å². The van der Waals surface area contributed by atoms with Gasteiger partial charge in [-0.25, -0.2) is 4.98 Å². The fraction of sp³-hybridized carbons (Fsp3) is 0.636. The Bertz CT molecular complexity index is 443. The van der Waals surface area contributed by atoms with E-state index in [1.165, 1.54) is 6.07 Å². The largest absolute Gasteiger partial charge is 0.376 e. The number of nitrogens with one attached hydrogen (secondary N) is 2. The van der Waals surface area contributed by atoms with E-state index < -0.39 is 0 Å². The van der Waals surface area contributed by atoms with Crippen molar-refractivity contribution in [2.24, 2.45) is 5.73 Å². The standard InChI is InChI=1S/C11H18N4O2/c1-3-17-8-4-7(12)11(8)15-9-5-10(16)14-6(2)13-9/h5,7-8,11H,3-4,12H2,1-2H3,(H2,13,14,15,16). The highest BCUT2D eigenvalue weighted by atomic mass is 16.5. The average molecular weight is 238 g/mol. The molecule has 3 unspecified atom stereocenters. The van der Waals surface area contributed by atoms with Crippen molar-refractivity contribution < 1.29 is 4.74 Å². The molecule has 6 nitrogen and oxygen atoms in total. The van der Waals surface area contributed by atoms with Crippen molar-refractivity contribution in [3.63, 3.8) is 0 Å². The number of hydrogen-bond acceptors (Lipinski definition) is 5. The maximum Gasteiger partial charge on any atom is 0.252 e. The third-order valence-corrected chi connectivity index (χ3v) is 2.92. The zero-order valence-corrected chi connectivity index (χ0v) is 10.1. The van der Waals surface area contributed by atoms with Gasteiger partial charge in [0.1, 0.15) is 11.6 Å². The Hall–Kier alpha value is -1.40. The van der Waals surface area contributed by atoms with E-state index in [4.69, 9.17) is 10.5 Å². The summed E-state index contributed by atoms with van der Waals surface area (Å²) in [6, 6.07) is 1.51. The molecular weight excluding hydrogens is 220 g/mol. The summed E-state index contributed by atoms with van der Waals surface area (Å²) in [6.07, 6.45) is 0.949. The number of hydrogen-bond donors (Lipinski definition) is 3. The van der Waals surface area contributed by atoms with Crippen molar-refractivity contribution in [1.29, 1.82) is 0 Å². The Kier molecular flexibility index (Phi) is 3.44. The quantitative estimate of drug-likeness (QED) is 0.686. The number of H-pyrrole nitrogens is 1. The fourth-order valence-electron chi connectivity index (χ4n) is 2.05. The van der Waals surface area contributed by atoms with Crippen LogP contribution in [-0.4, -0.2) is 34.8 Å². The van der Waals surface area contributed by atoms with Crippen molar-refractivity contribution in [3.05, 3.63) is 22.2 Å². The molecule has 1 aromatic heterocycles. The van der Waals surface area contributed by atoms with Crippen molar-refractivity contribution in [2.75, 3.05) is 11.9 Å². The summed E-state index contributed by atoms with van der Waals surface area (Å²) in [6.45, 7) is 4.36. The predicted octanol–water partition coefficient (Wildman–Crippen LogP) is -0.00508. The van der Waals surface area contributed by atoms with E-state index in [2.05, 4.69) is 15.3 Å². The first-order chi connectivity index (χ1) is 8.10. The lowest BCUT2D eigenvalue weighted by molar-refractivity contribution is -0.0127. The van der Waals surface area contributed by atoms with Crippen LogP contribution in [0, 0.1) is 6.92 Å². The summed E-state index contributed by atoms with van der Waals surface area (Å²) < 4.78 is 5.54. The van der Waals surface area contributed by atoms with Crippen LogP contribution in [0.1, 0.15) is 19.2 Å². The SMILES string of the molecule is CCOC1CC(N)C1Nc1cc(=O)[nH]c(C)n1. The number of nitrogens with zero attached hydrogens (tertiary/aromatic N) is 1. The molecule has 0 aliphatic heterocycles. The first kappa shape index (κ1) is 12.1. The van der Waals surface area contributed by atoms with Gasteiger partial charge in [0.25, 0.3) is 5.56 Å². The second-order valence-electron chi connectivity index (χ2n) is 4.28. The number of aryl methyl sites for hydroxylation is 1. The van der Waals surface area contributed by atoms with Gasteiger partial charge in [0.15, 0.2) is 0 Å². The van der Waals surface area contributed by atoms with Crippen LogP contribution in [0.3, 0.4) is 0 Å². The summed E-state index contributed by atoms with van der Waals surface area (Å²) in [7, 11) is 0. The summed E-state index contributed by atoms with van der Waals surface area (Å²) in [5.74, 6) is 1.14. The van der Waals surface area contributed by atoms with Gasteiger partial charge in [0.2, 0.25) is 0 Å². The van der Waals surface area contributed by atoms with Gasteiger partial charge in [-0.15, -0.1) is 0 Å². The summed E-state index contributed by atoms with van der Waals surface area (Å²) in [4.78, 5) is 18.1. The minimum absolute atomic E-state index is 0.0312. The molecule has 1 saturated carbocycles. The Morgan fingerprint density at radius 1 is 1.71 bits per heavy atom. The van der Waals surface area contributed by atoms with Gasteiger partial charge >= 0.3 is 0 Å². The smallest absolute Gasteiger partial charge is 0.252 e. The maximum atomic E-state index is 11.3. The molecular formula is C11H18N4O2. The van der Waals surface area contributed by atoms with Crippen molar-refractivity contribution in [1.82, 2.24) is 9.97 Å². The van der Waals surface area contributed by atoms with Crippen LogP contribution >= 0.6 is 0 Å². The van der Waals surface area contributed by atoms with Crippen molar-refractivity contribution in [2.45, 2.75) is 38.5 Å². The van der Waals surface area contributed by atoms with Crippen LogP contribution in [0.15, 0.2) is 10.9 Å².